The first-order chi connectivity index (χ1) is 13.1. The van der Waals surface area contributed by atoms with Gasteiger partial charge < -0.3 is 9.88 Å². The van der Waals surface area contributed by atoms with E-state index in [1.54, 1.807) is 30.6 Å². The van der Waals surface area contributed by atoms with Crippen LogP contribution in [-0.4, -0.2) is 15.5 Å². The molecule has 5 nitrogen and oxygen atoms in total. The Morgan fingerprint density at radius 2 is 1.81 bits per heavy atom. The Morgan fingerprint density at radius 1 is 1.11 bits per heavy atom. The van der Waals surface area contributed by atoms with Crippen LogP contribution in [0.3, 0.4) is 0 Å². The number of aromatic nitrogens is 2. The molecule has 2 heterocycles. The molecule has 0 unspecified atom stereocenters. The fourth-order valence-electron chi connectivity index (χ4n) is 3.12. The lowest BCUT2D eigenvalue weighted by molar-refractivity contribution is 0.102. The highest BCUT2D eigenvalue weighted by atomic mass is 16.2. The van der Waals surface area contributed by atoms with E-state index in [-0.39, 0.29) is 11.0 Å². The molecule has 0 radical (unpaired) electrons. The minimum Gasteiger partial charge on any atom is -0.344 e. The van der Waals surface area contributed by atoms with E-state index < -0.39 is 5.91 Å². The molecule has 0 aliphatic heterocycles. The standard InChI is InChI=1S/C22H23N3O2/c1-3-4-14-25-16(2)15-19(26)20(21(25)17-10-12-23-13-11-17)22(27)24-18-8-6-5-7-9-18/h5-13,15H,3-4,14H2,1-2H3,(H,24,27). The zero-order chi connectivity index (χ0) is 19.2. The molecule has 3 aromatic rings. The summed E-state index contributed by atoms with van der Waals surface area (Å²) in [6, 6.07) is 14.4. The van der Waals surface area contributed by atoms with Gasteiger partial charge in [0.1, 0.15) is 5.56 Å². The van der Waals surface area contributed by atoms with Crippen LogP contribution in [0.5, 0.6) is 0 Å². The van der Waals surface area contributed by atoms with Gasteiger partial charge in [0.2, 0.25) is 0 Å². The molecule has 138 valence electrons. The van der Waals surface area contributed by atoms with Gasteiger partial charge in [-0.25, -0.2) is 0 Å². The van der Waals surface area contributed by atoms with Crippen molar-refractivity contribution < 1.29 is 4.79 Å². The molecule has 0 bridgehead atoms. The van der Waals surface area contributed by atoms with Crippen molar-refractivity contribution in [2.45, 2.75) is 33.2 Å². The van der Waals surface area contributed by atoms with Gasteiger partial charge in [0, 0.05) is 41.9 Å². The largest absolute Gasteiger partial charge is 0.344 e. The molecule has 0 fully saturated rings. The molecule has 1 N–H and O–H groups in total. The number of nitrogens with zero attached hydrogens (tertiary/aromatic N) is 2. The van der Waals surface area contributed by atoms with Crippen molar-refractivity contribution in [3.05, 3.63) is 82.4 Å². The second-order valence-corrected chi connectivity index (χ2v) is 6.43. The molecule has 0 saturated carbocycles. The van der Waals surface area contributed by atoms with Crippen LogP contribution in [0, 0.1) is 6.92 Å². The van der Waals surface area contributed by atoms with Crippen LogP contribution in [-0.2, 0) is 6.54 Å². The van der Waals surface area contributed by atoms with Crippen LogP contribution in [0.4, 0.5) is 5.69 Å². The van der Waals surface area contributed by atoms with Gasteiger partial charge in [0.15, 0.2) is 5.43 Å². The molecular weight excluding hydrogens is 338 g/mol. The maximum atomic E-state index is 13.0. The third kappa shape index (κ3) is 4.14. The van der Waals surface area contributed by atoms with E-state index in [1.165, 1.54) is 0 Å². The number of anilines is 1. The third-order valence-corrected chi connectivity index (χ3v) is 4.47. The lowest BCUT2D eigenvalue weighted by Crippen LogP contribution is -2.26. The van der Waals surface area contributed by atoms with Gasteiger partial charge in [-0.2, -0.15) is 0 Å². The predicted molar refractivity (Wildman–Crippen MR) is 108 cm³/mol. The van der Waals surface area contributed by atoms with Crippen LogP contribution in [0.2, 0.25) is 0 Å². The molecule has 0 spiro atoms. The normalized spacial score (nSPS) is 10.6. The van der Waals surface area contributed by atoms with Crippen molar-refractivity contribution in [2.75, 3.05) is 5.32 Å². The van der Waals surface area contributed by atoms with Gasteiger partial charge in [-0.1, -0.05) is 31.5 Å². The monoisotopic (exact) mass is 361 g/mol. The highest BCUT2D eigenvalue weighted by molar-refractivity contribution is 6.08. The predicted octanol–water partition coefficient (Wildman–Crippen LogP) is 4.27. The average Bonchev–Trinajstić information content (AvgIpc) is 2.68. The number of hydrogen-bond donors (Lipinski definition) is 1. The van der Waals surface area contributed by atoms with E-state index in [0.717, 1.165) is 30.6 Å². The van der Waals surface area contributed by atoms with E-state index in [4.69, 9.17) is 0 Å². The van der Waals surface area contributed by atoms with Crippen molar-refractivity contribution in [1.29, 1.82) is 0 Å². The van der Waals surface area contributed by atoms with E-state index in [9.17, 15) is 9.59 Å². The quantitative estimate of drug-likeness (QED) is 0.713. The Morgan fingerprint density at radius 3 is 2.48 bits per heavy atom. The Bertz CT molecular complexity index is 980. The number of para-hydroxylation sites is 1. The zero-order valence-electron chi connectivity index (χ0n) is 15.6. The molecule has 3 rings (SSSR count). The molecule has 0 aliphatic carbocycles. The SMILES string of the molecule is CCCCn1c(C)cc(=O)c(C(=O)Nc2ccccc2)c1-c1ccncc1. The van der Waals surface area contributed by atoms with Gasteiger partial charge in [-0.05, 0) is 37.6 Å². The Kier molecular flexibility index (Phi) is 5.81. The van der Waals surface area contributed by atoms with Crippen LogP contribution in [0.15, 0.2) is 65.7 Å². The molecular formula is C22H23N3O2. The molecule has 1 aromatic carbocycles. The van der Waals surface area contributed by atoms with Crippen LogP contribution >= 0.6 is 0 Å². The summed E-state index contributed by atoms with van der Waals surface area (Å²) >= 11 is 0. The number of pyridine rings is 2. The average molecular weight is 361 g/mol. The van der Waals surface area contributed by atoms with Crippen molar-refractivity contribution in [1.82, 2.24) is 9.55 Å². The molecule has 0 saturated heterocycles. The van der Waals surface area contributed by atoms with Gasteiger partial charge in [0.25, 0.3) is 5.91 Å². The third-order valence-electron chi connectivity index (χ3n) is 4.47. The van der Waals surface area contributed by atoms with Crippen LogP contribution in [0.25, 0.3) is 11.3 Å². The van der Waals surface area contributed by atoms with E-state index in [0.29, 0.717) is 11.4 Å². The van der Waals surface area contributed by atoms with Gasteiger partial charge in [0.05, 0.1) is 5.69 Å². The summed E-state index contributed by atoms with van der Waals surface area (Å²) in [5, 5.41) is 2.84. The van der Waals surface area contributed by atoms with E-state index in [1.807, 2.05) is 37.3 Å². The summed E-state index contributed by atoms with van der Waals surface area (Å²) in [5.41, 5.74) is 2.83. The lowest BCUT2D eigenvalue weighted by atomic mass is 10.0. The second kappa shape index (κ2) is 8.45. The highest BCUT2D eigenvalue weighted by Crippen LogP contribution is 2.24. The number of rotatable bonds is 6. The number of carbonyl (C=O) groups is 1. The van der Waals surface area contributed by atoms with Crippen LogP contribution < -0.4 is 10.7 Å². The molecule has 27 heavy (non-hydrogen) atoms. The maximum Gasteiger partial charge on any atom is 0.261 e. The molecule has 0 aliphatic rings. The Balaban J connectivity index is 2.17. The van der Waals surface area contributed by atoms with Crippen molar-refractivity contribution in [3.63, 3.8) is 0 Å². The molecule has 0 atom stereocenters. The van der Waals surface area contributed by atoms with Crippen molar-refractivity contribution in [2.24, 2.45) is 0 Å². The summed E-state index contributed by atoms with van der Waals surface area (Å²) < 4.78 is 2.06. The summed E-state index contributed by atoms with van der Waals surface area (Å²) in [6.45, 7) is 4.76. The number of hydrogen-bond acceptors (Lipinski definition) is 3. The smallest absolute Gasteiger partial charge is 0.261 e. The maximum absolute atomic E-state index is 13.0. The number of nitrogens with one attached hydrogen (secondary N) is 1. The van der Waals surface area contributed by atoms with Crippen LogP contribution in [0.1, 0.15) is 35.8 Å². The zero-order valence-corrected chi connectivity index (χ0v) is 15.6. The first-order valence-corrected chi connectivity index (χ1v) is 9.13. The summed E-state index contributed by atoms with van der Waals surface area (Å²) in [7, 11) is 0. The Labute approximate surface area is 158 Å². The second-order valence-electron chi connectivity index (χ2n) is 6.43. The summed E-state index contributed by atoms with van der Waals surface area (Å²) in [6.07, 6.45) is 5.32. The van der Waals surface area contributed by atoms with Crippen molar-refractivity contribution in [3.8, 4) is 11.3 Å². The first kappa shape index (κ1) is 18.6. The summed E-state index contributed by atoms with van der Waals surface area (Å²) in [4.78, 5) is 29.9. The lowest BCUT2D eigenvalue weighted by Gasteiger charge is -2.20. The molecule has 5 heteroatoms. The van der Waals surface area contributed by atoms with E-state index in [2.05, 4.69) is 21.8 Å². The number of amides is 1. The first-order valence-electron chi connectivity index (χ1n) is 9.13. The van der Waals surface area contributed by atoms with Gasteiger partial charge >= 0.3 is 0 Å². The number of aryl methyl sites for hydroxylation is 1. The fraction of sp³-hybridized carbons (Fsp3) is 0.227. The minimum absolute atomic E-state index is 0.159. The molecule has 1 amide bonds. The topological polar surface area (TPSA) is 64.0 Å². The van der Waals surface area contributed by atoms with Gasteiger partial charge in [-0.3, -0.25) is 14.6 Å². The summed E-state index contributed by atoms with van der Waals surface area (Å²) in [5.74, 6) is -0.400. The number of carbonyl (C=O) groups excluding carboxylic acids is 1. The fourth-order valence-corrected chi connectivity index (χ4v) is 3.12. The van der Waals surface area contributed by atoms with Crippen molar-refractivity contribution >= 4 is 11.6 Å². The Hall–Kier alpha value is -3.21. The number of unbranched alkanes of at least 4 members (excludes halogenated alkanes) is 1. The minimum atomic E-state index is -0.400. The van der Waals surface area contributed by atoms with E-state index >= 15 is 0 Å². The number of benzene rings is 1. The molecule has 2 aromatic heterocycles. The highest BCUT2D eigenvalue weighted by Gasteiger charge is 2.21. The van der Waals surface area contributed by atoms with Gasteiger partial charge in [-0.15, -0.1) is 0 Å².